The molecule has 0 saturated carbocycles. The van der Waals surface area contributed by atoms with Crippen molar-refractivity contribution in [1.82, 2.24) is 20.5 Å². The second-order valence-corrected chi connectivity index (χ2v) is 6.10. The maximum absolute atomic E-state index is 12.0. The molecular formula is C17H29N5O. The van der Waals surface area contributed by atoms with Crippen molar-refractivity contribution >= 4 is 11.8 Å². The normalized spacial score (nSPS) is 16.1. The van der Waals surface area contributed by atoms with Crippen molar-refractivity contribution < 1.29 is 4.79 Å². The maximum atomic E-state index is 12.0. The summed E-state index contributed by atoms with van der Waals surface area (Å²) in [4.78, 5) is 20.9. The molecule has 1 aliphatic heterocycles. The third-order valence-electron chi connectivity index (χ3n) is 4.40. The average molecular weight is 319 g/mol. The molecule has 2 heterocycles. The fourth-order valence-corrected chi connectivity index (χ4v) is 2.83. The standard InChI is InChI=1S/C17H29N5O/c1-4-22(5-2)16-7-6-14(12-18-16)13-19-17(23)20-15-8-10-21(3)11-9-15/h6-7,12,15H,4-5,8-11,13H2,1-3H3,(H2,19,20,23). The Hall–Kier alpha value is -1.82. The van der Waals surface area contributed by atoms with Crippen molar-refractivity contribution in [3.05, 3.63) is 23.9 Å². The number of carbonyl (C=O) groups is 1. The average Bonchev–Trinajstić information content (AvgIpc) is 2.57. The lowest BCUT2D eigenvalue weighted by Gasteiger charge is -2.29. The molecule has 6 heteroatoms. The molecule has 0 unspecified atom stereocenters. The van der Waals surface area contributed by atoms with E-state index in [2.05, 4.69) is 46.3 Å². The fraction of sp³-hybridized carbons (Fsp3) is 0.647. The van der Waals surface area contributed by atoms with Gasteiger partial charge in [-0.25, -0.2) is 9.78 Å². The number of anilines is 1. The first-order chi connectivity index (χ1) is 11.1. The number of likely N-dealkylation sites (tertiary alicyclic amines) is 1. The number of nitrogens with one attached hydrogen (secondary N) is 2. The van der Waals surface area contributed by atoms with E-state index in [1.54, 1.807) is 0 Å². The lowest BCUT2D eigenvalue weighted by molar-refractivity contribution is 0.213. The largest absolute Gasteiger partial charge is 0.357 e. The summed E-state index contributed by atoms with van der Waals surface area (Å²) in [6.45, 7) is 8.72. The zero-order valence-electron chi connectivity index (χ0n) is 14.5. The van der Waals surface area contributed by atoms with Crippen LogP contribution in [0.5, 0.6) is 0 Å². The van der Waals surface area contributed by atoms with Crippen molar-refractivity contribution in [3.8, 4) is 0 Å². The lowest BCUT2D eigenvalue weighted by atomic mass is 10.1. The van der Waals surface area contributed by atoms with Crippen LogP contribution >= 0.6 is 0 Å². The van der Waals surface area contributed by atoms with E-state index >= 15 is 0 Å². The van der Waals surface area contributed by atoms with Crippen LogP contribution in [-0.2, 0) is 6.54 Å². The van der Waals surface area contributed by atoms with Crippen LogP contribution in [0.4, 0.5) is 10.6 Å². The zero-order chi connectivity index (χ0) is 16.7. The van der Waals surface area contributed by atoms with Gasteiger partial charge in [0.15, 0.2) is 0 Å². The quantitative estimate of drug-likeness (QED) is 0.840. The van der Waals surface area contributed by atoms with E-state index in [1.165, 1.54) is 0 Å². The first-order valence-electron chi connectivity index (χ1n) is 8.55. The molecule has 0 atom stereocenters. The van der Waals surface area contributed by atoms with Gasteiger partial charge in [0.05, 0.1) is 0 Å². The van der Waals surface area contributed by atoms with Crippen LogP contribution in [0.25, 0.3) is 0 Å². The van der Waals surface area contributed by atoms with Crippen LogP contribution in [0.3, 0.4) is 0 Å². The van der Waals surface area contributed by atoms with E-state index in [4.69, 9.17) is 0 Å². The van der Waals surface area contributed by atoms with Crippen molar-refractivity contribution in [2.75, 3.05) is 38.1 Å². The van der Waals surface area contributed by atoms with E-state index in [9.17, 15) is 4.79 Å². The highest BCUT2D eigenvalue weighted by atomic mass is 16.2. The van der Waals surface area contributed by atoms with Crippen LogP contribution in [0.2, 0.25) is 0 Å². The van der Waals surface area contributed by atoms with Gasteiger partial charge in [-0.3, -0.25) is 0 Å². The van der Waals surface area contributed by atoms with Crippen LogP contribution < -0.4 is 15.5 Å². The number of rotatable bonds is 6. The molecule has 2 amide bonds. The van der Waals surface area contributed by atoms with Gasteiger partial charge in [0.2, 0.25) is 0 Å². The summed E-state index contributed by atoms with van der Waals surface area (Å²) in [6, 6.07) is 4.23. The molecule has 0 radical (unpaired) electrons. The molecule has 2 rings (SSSR count). The molecule has 1 saturated heterocycles. The predicted molar refractivity (Wildman–Crippen MR) is 93.7 cm³/mol. The molecule has 0 spiro atoms. The minimum atomic E-state index is -0.0904. The van der Waals surface area contributed by atoms with E-state index in [0.717, 1.165) is 50.4 Å². The van der Waals surface area contributed by atoms with Crippen LogP contribution in [0, 0.1) is 0 Å². The van der Waals surface area contributed by atoms with Crippen molar-refractivity contribution in [1.29, 1.82) is 0 Å². The Balaban J connectivity index is 1.75. The Kier molecular flexibility index (Phi) is 6.65. The Bertz CT molecular complexity index is 478. The predicted octanol–water partition coefficient (Wildman–Crippen LogP) is 1.82. The van der Waals surface area contributed by atoms with E-state index in [-0.39, 0.29) is 12.1 Å². The molecule has 1 aromatic heterocycles. The molecule has 0 bridgehead atoms. The summed E-state index contributed by atoms with van der Waals surface area (Å²) in [5.41, 5.74) is 1.01. The second-order valence-electron chi connectivity index (χ2n) is 6.10. The summed E-state index contributed by atoms with van der Waals surface area (Å²) in [5, 5.41) is 5.97. The number of amides is 2. The van der Waals surface area contributed by atoms with Crippen LogP contribution in [0.1, 0.15) is 32.3 Å². The third kappa shape index (κ3) is 5.39. The number of aromatic nitrogens is 1. The first-order valence-corrected chi connectivity index (χ1v) is 8.55. The first kappa shape index (κ1) is 17.5. The summed E-state index contributed by atoms with van der Waals surface area (Å²) < 4.78 is 0. The van der Waals surface area contributed by atoms with Gasteiger partial charge in [0.25, 0.3) is 0 Å². The highest BCUT2D eigenvalue weighted by Crippen LogP contribution is 2.11. The van der Waals surface area contributed by atoms with Gasteiger partial charge < -0.3 is 20.4 Å². The number of nitrogens with zero attached hydrogens (tertiary/aromatic N) is 3. The summed E-state index contributed by atoms with van der Waals surface area (Å²) >= 11 is 0. The zero-order valence-corrected chi connectivity index (χ0v) is 14.5. The van der Waals surface area contributed by atoms with Gasteiger partial charge in [-0.2, -0.15) is 0 Å². The Morgan fingerprint density at radius 1 is 1.30 bits per heavy atom. The summed E-state index contributed by atoms with van der Waals surface area (Å²) in [6.07, 6.45) is 3.87. The minimum Gasteiger partial charge on any atom is -0.357 e. The number of urea groups is 1. The molecule has 1 fully saturated rings. The third-order valence-corrected chi connectivity index (χ3v) is 4.40. The molecule has 2 N–H and O–H groups in total. The van der Waals surface area contributed by atoms with Gasteiger partial charge >= 0.3 is 6.03 Å². The summed E-state index contributed by atoms with van der Waals surface area (Å²) in [7, 11) is 2.12. The van der Waals surface area contributed by atoms with E-state index < -0.39 is 0 Å². The van der Waals surface area contributed by atoms with Gasteiger partial charge in [-0.05, 0) is 58.5 Å². The van der Waals surface area contributed by atoms with Gasteiger partial charge in [0.1, 0.15) is 5.82 Å². The minimum absolute atomic E-state index is 0.0904. The topological polar surface area (TPSA) is 60.5 Å². The number of carbonyl (C=O) groups excluding carboxylic acids is 1. The molecule has 128 valence electrons. The monoisotopic (exact) mass is 319 g/mol. The van der Waals surface area contributed by atoms with Gasteiger partial charge in [-0.15, -0.1) is 0 Å². The Morgan fingerprint density at radius 3 is 2.57 bits per heavy atom. The van der Waals surface area contributed by atoms with Crippen LogP contribution in [0.15, 0.2) is 18.3 Å². The molecule has 0 aromatic carbocycles. The highest BCUT2D eigenvalue weighted by molar-refractivity contribution is 5.74. The maximum Gasteiger partial charge on any atom is 0.315 e. The lowest BCUT2D eigenvalue weighted by Crippen LogP contribution is -2.46. The van der Waals surface area contributed by atoms with Crippen LogP contribution in [-0.4, -0.2) is 55.2 Å². The second kappa shape index (κ2) is 8.72. The molecule has 0 aliphatic carbocycles. The molecule has 1 aromatic rings. The van der Waals surface area contributed by atoms with E-state index in [1.807, 2.05) is 18.3 Å². The fourth-order valence-electron chi connectivity index (χ4n) is 2.83. The number of piperidine rings is 1. The van der Waals surface area contributed by atoms with Crippen molar-refractivity contribution in [2.45, 2.75) is 39.3 Å². The number of hydrogen-bond acceptors (Lipinski definition) is 4. The van der Waals surface area contributed by atoms with Crippen molar-refractivity contribution in [2.24, 2.45) is 0 Å². The summed E-state index contributed by atoms with van der Waals surface area (Å²) in [5.74, 6) is 0.981. The SMILES string of the molecule is CCN(CC)c1ccc(CNC(=O)NC2CCN(C)CC2)cn1. The molecule has 23 heavy (non-hydrogen) atoms. The number of hydrogen-bond donors (Lipinski definition) is 2. The smallest absolute Gasteiger partial charge is 0.315 e. The highest BCUT2D eigenvalue weighted by Gasteiger charge is 2.18. The Labute approximate surface area is 139 Å². The molecular weight excluding hydrogens is 290 g/mol. The Morgan fingerprint density at radius 2 is 2.00 bits per heavy atom. The number of pyridine rings is 1. The van der Waals surface area contributed by atoms with E-state index in [0.29, 0.717) is 6.54 Å². The van der Waals surface area contributed by atoms with Gasteiger partial charge in [-0.1, -0.05) is 6.07 Å². The molecule has 6 nitrogen and oxygen atoms in total. The molecule has 1 aliphatic rings. The van der Waals surface area contributed by atoms with Crippen molar-refractivity contribution in [3.63, 3.8) is 0 Å². The van der Waals surface area contributed by atoms with Gasteiger partial charge in [0, 0.05) is 31.9 Å².